The molecular weight excluding hydrogens is 368 g/mol. The van der Waals surface area contributed by atoms with E-state index in [0.29, 0.717) is 17.5 Å². The SMILES string of the molecule is CCNC(=NCC(O)c1cc(OC)cc(OC)c1)NCCCN1CCCCC1C. The fourth-order valence-corrected chi connectivity index (χ4v) is 3.63. The van der Waals surface area contributed by atoms with Crippen molar-refractivity contribution in [2.24, 2.45) is 4.99 Å². The number of piperidine rings is 1. The molecule has 164 valence electrons. The molecule has 1 aromatic rings. The molecule has 2 unspecified atom stereocenters. The van der Waals surface area contributed by atoms with E-state index in [1.165, 1.54) is 25.8 Å². The van der Waals surface area contributed by atoms with Gasteiger partial charge in [-0.2, -0.15) is 0 Å². The quantitative estimate of drug-likeness (QED) is 0.315. The summed E-state index contributed by atoms with van der Waals surface area (Å²) in [6.07, 6.45) is 4.32. The van der Waals surface area contributed by atoms with Crippen LogP contribution in [0.4, 0.5) is 0 Å². The van der Waals surface area contributed by atoms with Crippen molar-refractivity contribution in [2.45, 2.75) is 51.7 Å². The Bertz CT molecular complexity index is 616. The molecule has 1 fully saturated rings. The van der Waals surface area contributed by atoms with E-state index in [2.05, 4.69) is 27.4 Å². The second-order valence-electron chi connectivity index (χ2n) is 7.54. The summed E-state index contributed by atoms with van der Waals surface area (Å²) >= 11 is 0. The fraction of sp³-hybridized carbons (Fsp3) is 0.682. The molecule has 1 aliphatic heterocycles. The van der Waals surface area contributed by atoms with Crippen LogP contribution in [0, 0.1) is 0 Å². The number of aliphatic hydroxyl groups excluding tert-OH is 1. The third-order valence-electron chi connectivity index (χ3n) is 5.38. The molecule has 7 heteroatoms. The smallest absolute Gasteiger partial charge is 0.191 e. The summed E-state index contributed by atoms with van der Waals surface area (Å²) in [5.41, 5.74) is 0.722. The first-order chi connectivity index (χ1) is 14.1. The van der Waals surface area contributed by atoms with E-state index < -0.39 is 6.10 Å². The lowest BCUT2D eigenvalue weighted by atomic mass is 10.0. The van der Waals surface area contributed by atoms with E-state index in [4.69, 9.17) is 9.47 Å². The van der Waals surface area contributed by atoms with Crippen LogP contribution in [0.2, 0.25) is 0 Å². The predicted octanol–water partition coefficient (Wildman–Crippen LogP) is 2.56. The Balaban J connectivity index is 1.85. The number of guanidine groups is 1. The van der Waals surface area contributed by atoms with Crippen LogP contribution < -0.4 is 20.1 Å². The van der Waals surface area contributed by atoms with Crippen LogP contribution in [0.25, 0.3) is 0 Å². The minimum absolute atomic E-state index is 0.259. The zero-order chi connectivity index (χ0) is 21.1. The molecule has 0 amide bonds. The molecule has 1 aromatic carbocycles. The predicted molar refractivity (Wildman–Crippen MR) is 118 cm³/mol. The van der Waals surface area contributed by atoms with E-state index in [-0.39, 0.29) is 6.54 Å². The van der Waals surface area contributed by atoms with Crippen molar-refractivity contribution in [3.05, 3.63) is 23.8 Å². The molecule has 29 heavy (non-hydrogen) atoms. The van der Waals surface area contributed by atoms with Gasteiger partial charge in [0, 0.05) is 31.7 Å². The molecule has 0 spiro atoms. The summed E-state index contributed by atoms with van der Waals surface area (Å²) in [6.45, 7) is 8.58. The third-order valence-corrected chi connectivity index (χ3v) is 5.38. The minimum atomic E-state index is -0.733. The summed E-state index contributed by atoms with van der Waals surface area (Å²) in [7, 11) is 3.20. The largest absolute Gasteiger partial charge is 0.497 e. The van der Waals surface area contributed by atoms with Crippen LogP contribution in [-0.2, 0) is 0 Å². The van der Waals surface area contributed by atoms with Crippen LogP contribution in [0.15, 0.2) is 23.2 Å². The highest BCUT2D eigenvalue weighted by Gasteiger charge is 2.17. The van der Waals surface area contributed by atoms with Gasteiger partial charge in [-0.15, -0.1) is 0 Å². The van der Waals surface area contributed by atoms with E-state index in [0.717, 1.165) is 37.6 Å². The first kappa shape index (κ1) is 23.3. The van der Waals surface area contributed by atoms with E-state index in [9.17, 15) is 5.11 Å². The van der Waals surface area contributed by atoms with Gasteiger partial charge >= 0.3 is 0 Å². The highest BCUT2D eigenvalue weighted by molar-refractivity contribution is 5.79. The lowest BCUT2D eigenvalue weighted by Gasteiger charge is -2.33. The number of nitrogens with zero attached hydrogens (tertiary/aromatic N) is 2. The first-order valence-electron chi connectivity index (χ1n) is 10.7. The Morgan fingerprint density at radius 1 is 1.21 bits per heavy atom. The van der Waals surface area contributed by atoms with Crippen LogP contribution in [-0.4, -0.2) is 69.0 Å². The molecule has 0 radical (unpaired) electrons. The van der Waals surface area contributed by atoms with Crippen LogP contribution in [0.3, 0.4) is 0 Å². The van der Waals surface area contributed by atoms with Gasteiger partial charge < -0.3 is 30.1 Å². The van der Waals surface area contributed by atoms with Crippen molar-refractivity contribution in [1.29, 1.82) is 0 Å². The molecule has 0 aliphatic carbocycles. The van der Waals surface area contributed by atoms with E-state index in [1.54, 1.807) is 20.3 Å². The highest BCUT2D eigenvalue weighted by atomic mass is 16.5. The second-order valence-corrected chi connectivity index (χ2v) is 7.54. The number of aliphatic imine (C=N–C) groups is 1. The van der Waals surface area contributed by atoms with Crippen molar-refractivity contribution in [3.63, 3.8) is 0 Å². The molecule has 2 atom stereocenters. The van der Waals surface area contributed by atoms with Crippen LogP contribution in [0.5, 0.6) is 11.5 Å². The maximum atomic E-state index is 10.6. The molecule has 0 bridgehead atoms. The number of nitrogens with one attached hydrogen (secondary N) is 2. The number of rotatable bonds is 10. The van der Waals surface area contributed by atoms with Gasteiger partial charge in [0.1, 0.15) is 11.5 Å². The Hall–Kier alpha value is -1.99. The number of likely N-dealkylation sites (tertiary alicyclic amines) is 1. The van der Waals surface area contributed by atoms with Gasteiger partial charge in [-0.1, -0.05) is 6.42 Å². The second kappa shape index (κ2) is 12.5. The van der Waals surface area contributed by atoms with Gasteiger partial charge in [0.05, 0.1) is 26.9 Å². The standard InChI is InChI=1S/C22H38N4O3/c1-5-23-22(24-10-8-12-26-11-7-6-9-17(26)2)25-16-21(27)18-13-19(28-3)15-20(14-18)29-4/h13-15,17,21,27H,5-12,16H2,1-4H3,(H2,23,24,25). The van der Waals surface area contributed by atoms with Gasteiger partial charge in [0.2, 0.25) is 0 Å². The highest BCUT2D eigenvalue weighted by Crippen LogP contribution is 2.26. The zero-order valence-corrected chi connectivity index (χ0v) is 18.4. The summed E-state index contributed by atoms with van der Waals surface area (Å²) < 4.78 is 10.6. The normalized spacial score (nSPS) is 18.9. The Labute approximate surface area is 175 Å². The molecule has 2 rings (SSSR count). The summed E-state index contributed by atoms with van der Waals surface area (Å²) in [5, 5.41) is 17.2. The lowest BCUT2D eigenvalue weighted by molar-refractivity contribution is 0.159. The van der Waals surface area contributed by atoms with Crippen molar-refractivity contribution in [1.82, 2.24) is 15.5 Å². The van der Waals surface area contributed by atoms with Crippen molar-refractivity contribution < 1.29 is 14.6 Å². The average Bonchev–Trinajstić information content (AvgIpc) is 2.75. The van der Waals surface area contributed by atoms with E-state index in [1.807, 2.05) is 19.1 Å². The molecule has 1 heterocycles. The number of benzene rings is 1. The molecule has 1 aliphatic rings. The maximum absolute atomic E-state index is 10.6. The van der Waals surface area contributed by atoms with Crippen molar-refractivity contribution >= 4 is 5.96 Å². The van der Waals surface area contributed by atoms with Gasteiger partial charge in [-0.25, -0.2) is 0 Å². The number of methoxy groups -OCH3 is 2. The van der Waals surface area contributed by atoms with Gasteiger partial charge in [-0.05, 0) is 57.4 Å². The molecule has 7 nitrogen and oxygen atoms in total. The minimum Gasteiger partial charge on any atom is -0.497 e. The third kappa shape index (κ3) is 7.74. The van der Waals surface area contributed by atoms with E-state index >= 15 is 0 Å². The Morgan fingerprint density at radius 3 is 2.55 bits per heavy atom. The summed E-state index contributed by atoms with van der Waals surface area (Å²) in [5.74, 6) is 2.03. The molecule has 1 saturated heterocycles. The maximum Gasteiger partial charge on any atom is 0.191 e. The summed E-state index contributed by atoms with van der Waals surface area (Å²) in [6, 6.07) is 6.10. The Kier molecular flexibility index (Phi) is 10.1. The molecule has 3 N–H and O–H groups in total. The van der Waals surface area contributed by atoms with Gasteiger partial charge in [-0.3, -0.25) is 4.99 Å². The van der Waals surface area contributed by atoms with Crippen molar-refractivity contribution in [2.75, 3.05) is 46.9 Å². The summed E-state index contributed by atoms with van der Waals surface area (Å²) in [4.78, 5) is 7.13. The average molecular weight is 407 g/mol. The van der Waals surface area contributed by atoms with Crippen molar-refractivity contribution in [3.8, 4) is 11.5 Å². The molecular formula is C22H38N4O3. The van der Waals surface area contributed by atoms with Gasteiger partial charge in [0.15, 0.2) is 5.96 Å². The molecule has 0 aromatic heterocycles. The number of hydrogen-bond donors (Lipinski definition) is 3. The monoisotopic (exact) mass is 406 g/mol. The Morgan fingerprint density at radius 2 is 1.93 bits per heavy atom. The number of ether oxygens (including phenoxy) is 2. The lowest BCUT2D eigenvalue weighted by Crippen LogP contribution is -2.41. The number of aliphatic hydroxyl groups is 1. The van der Waals surface area contributed by atoms with Gasteiger partial charge in [0.25, 0.3) is 0 Å². The van der Waals surface area contributed by atoms with Crippen LogP contribution >= 0.6 is 0 Å². The van der Waals surface area contributed by atoms with Crippen LogP contribution in [0.1, 0.15) is 51.2 Å². The first-order valence-corrected chi connectivity index (χ1v) is 10.7. The zero-order valence-electron chi connectivity index (χ0n) is 18.4. The fourth-order valence-electron chi connectivity index (χ4n) is 3.63. The topological polar surface area (TPSA) is 78.4 Å². The number of hydrogen-bond acceptors (Lipinski definition) is 5. The molecule has 0 saturated carbocycles.